The molecule has 1 rings (SSSR count). The smallest absolute Gasteiger partial charge is 0.146 e. The molecule has 0 aliphatic carbocycles. The van der Waals surface area contributed by atoms with Crippen LogP contribution in [0.2, 0.25) is 0 Å². The molecule has 0 fully saturated rings. The summed E-state index contributed by atoms with van der Waals surface area (Å²) in [4.78, 5) is 8.55. The Balaban J connectivity index is 2.90. The van der Waals surface area contributed by atoms with Crippen LogP contribution in [0.4, 0.5) is 11.6 Å². The van der Waals surface area contributed by atoms with Crippen LogP contribution in [0.15, 0.2) is 10.8 Å². The van der Waals surface area contributed by atoms with Gasteiger partial charge in [-0.3, -0.25) is 0 Å². The molecule has 1 aromatic heterocycles. The first kappa shape index (κ1) is 16.2. The fourth-order valence-electron chi connectivity index (χ4n) is 2.44. The third kappa shape index (κ3) is 5.35. The molecule has 1 aromatic rings. The van der Waals surface area contributed by atoms with Crippen molar-refractivity contribution in [2.75, 3.05) is 17.2 Å². The SMILES string of the molecule is CCNc1ncnc(NC(C)(C)CC(C)(C)C)c1Br. The summed E-state index contributed by atoms with van der Waals surface area (Å²) in [6, 6.07) is 0. The van der Waals surface area contributed by atoms with Crippen molar-refractivity contribution in [2.45, 2.75) is 53.5 Å². The number of rotatable bonds is 5. The molecule has 5 heteroatoms. The Labute approximate surface area is 124 Å². The van der Waals surface area contributed by atoms with Gasteiger partial charge in [0.05, 0.1) is 0 Å². The Morgan fingerprint density at radius 3 is 2.21 bits per heavy atom. The van der Waals surface area contributed by atoms with Crippen LogP contribution in [-0.4, -0.2) is 22.1 Å². The minimum Gasteiger partial charge on any atom is -0.369 e. The summed E-state index contributed by atoms with van der Waals surface area (Å²) in [6.45, 7) is 14.0. The van der Waals surface area contributed by atoms with Gasteiger partial charge >= 0.3 is 0 Å². The third-order valence-corrected chi connectivity index (χ3v) is 3.31. The van der Waals surface area contributed by atoms with Crippen LogP contribution in [-0.2, 0) is 0 Å². The number of nitrogens with one attached hydrogen (secondary N) is 2. The van der Waals surface area contributed by atoms with Gasteiger partial charge in [-0.15, -0.1) is 0 Å². The van der Waals surface area contributed by atoms with Gasteiger partial charge in [0.1, 0.15) is 22.4 Å². The van der Waals surface area contributed by atoms with Gasteiger partial charge < -0.3 is 10.6 Å². The van der Waals surface area contributed by atoms with Gasteiger partial charge in [0.2, 0.25) is 0 Å². The molecule has 0 bridgehead atoms. The molecule has 0 amide bonds. The Hall–Kier alpha value is -0.840. The van der Waals surface area contributed by atoms with Crippen molar-refractivity contribution in [2.24, 2.45) is 5.41 Å². The molecule has 1 heterocycles. The zero-order valence-electron chi connectivity index (χ0n) is 12.8. The lowest BCUT2D eigenvalue weighted by molar-refractivity contribution is 0.302. The average molecular weight is 329 g/mol. The standard InChI is InChI=1S/C14H25BrN4/c1-7-16-11-10(15)12(18-9-17-11)19-14(5,6)8-13(2,3)4/h9H,7-8H2,1-6H3,(H2,16,17,18,19). The number of hydrogen-bond donors (Lipinski definition) is 2. The third-order valence-electron chi connectivity index (χ3n) is 2.56. The molecule has 0 aromatic carbocycles. The summed E-state index contributed by atoms with van der Waals surface area (Å²) in [7, 11) is 0. The molecule has 4 nitrogen and oxygen atoms in total. The number of aromatic nitrogens is 2. The molecule has 0 radical (unpaired) electrons. The van der Waals surface area contributed by atoms with Crippen molar-refractivity contribution in [1.82, 2.24) is 9.97 Å². The Bertz CT molecular complexity index is 424. The predicted molar refractivity (Wildman–Crippen MR) is 85.7 cm³/mol. The Kier molecular flexibility index (Phi) is 5.18. The van der Waals surface area contributed by atoms with Crippen molar-refractivity contribution in [1.29, 1.82) is 0 Å². The van der Waals surface area contributed by atoms with Crippen molar-refractivity contribution < 1.29 is 0 Å². The van der Waals surface area contributed by atoms with E-state index in [-0.39, 0.29) is 11.0 Å². The fourth-order valence-corrected chi connectivity index (χ4v) is 2.88. The normalized spacial score (nSPS) is 12.4. The highest BCUT2D eigenvalue weighted by atomic mass is 79.9. The summed E-state index contributed by atoms with van der Waals surface area (Å²) >= 11 is 3.56. The van der Waals surface area contributed by atoms with Gasteiger partial charge in [0, 0.05) is 12.1 Å². The molecule has 0 saturated carbocycles. The summed E-state index contributed by atoms with van der Waals surface area (Å²) < 4.78 is 0.888. The van der Waals surface area contributed by atoms with E-state index in [2.05, 4.69) is 71.2 Å². The Morgan fingerprint density at radius 2 is 1.68 bits per heavy atom. The summed E-state index contributed by atoms with van der Waals surface area (Å²) in [5.74, 6) is 1.66. The van der Waals surface area contributed by atoms with Gasteiger partial charge in [-0.05, 0) is 48.5 Å². The van der Waals surface area contributed by atoms with Gasteiger partial charge in [-0.1, -0.05) is 20.8 Å². The van der Waals surface area contributed by atoms with Crippen LogP contribution in [0.5, 0.6) is 0 Å². The zero-order valence-corrected chi connectivity index (χ0v) is 14.3. The second kappa shape index (κ2) is 6.07. The minimum atomic E-state index is -0.0292. The molecule has 19 heavy (non-hydrogen) atoms. The molecule has 0 atom stereocenters. The molecule has 2 N–H and O–H groups in total. The topological polar surface area (TPSA) is 49.8 Å². The first-order valence-electron chi connectivity index (χ1n) is 6.67. The van der Waals surface area contributed by atoms with E-state index in [4.69, 9.17) is 0 Å². The molecule has 108 valence electrons. The monoisotopic (exact) mass is 328 g/mol. The summed E-state index contributed by atoms with van der Waals surface area (Å²) in [5.41, 5.74) is 0.235. The van der Waals surface area contributed by atoms with Crippen LogP contribution in [0.25, 0.3) is 0 Å². The van der Waals surface area contributed by atoms with E-state index in [0.29, 0.717) is 0 Å². The van der Waals surface area contributed by atoms with E-state index in [1.807, 2.05) is 6.92 Å². The number of anilines is 2. The van der Waals surface area contributed by atoms with Gasteiger partial charge in [-0.25, -0.2) is 9.97 Å². The first-order valence-corrected chi connectivity index (χ1v) is 7.46. The molecule has 0 unspecified atom stereocenters. The number of hydrogen-bond acceptors (Lipinski definition) is 4. The van der Waals surface area contributed by atoms with Crippen molar-refractivity contribution >= 4 is 27.6 Å². The molecule has 0 spiro atoms. The van der Waals surface area contributed by atoms with Crippen LogP contribution >= 0.6 is 15.9 Å². The molecular formula is C14H25BrN4. The molecular weight excluding hydrogens is 304 g/mol. The predicted octanol–water partition coefficient (Wildman–Crippen LogP) is 4.30. The van der Waals surface area contributed by atoms with E-state index in [1.54, 1.807) is 6.33 Å². The lowest BCUT2D eigenvalue weighted by Crippen LogP contribution is -2.36. The highest BCUT2D eigenvalue weighted by Crippen LogP contribution is 2.33. The van der Waals surface area contributed by atoms with Crippen LogP contribution in [0.1, 0.15) is 48.0 Å². The lowest BCUT2D eigenvalue weighted by atomic mass is 9.82. The van der Waals surface area contributed by atoms with Crippen molar-refractivity contribution in [3.05, 3.63) is 10.8 Å². The van der Waals surface area contributed by atoms with Crippen molar-refractivity contribution in [3.8, 4) is 0 Å². The van der Waals surface area contributed by atoms with E-state index < -0.39 is 0 Å². The zero-order chi connectivity index (χ0) is 14.7. The quantitative estimate of drug-likeness (QED) is 0.846. The van der Waals surface area contributed by atoms with E-state index >= 15 is 0 Å². The largest absolute Gasteiger partial charge is 0.369 e. The first-order chi connectivity index (χ1) is 8.64. The fraction of sp³-hybridized carbons (Fsp3) is 0.714. The second-order valence-electron chi connectivity index (χ2n) is 6.66. The summed E-state index contributed by atoms with van der Waals surface area (Å²) in [5, 5.41) is 6.72. The Morgan fingerprint density at radius 1 is 1.11 bits per heavy atom. The van der Waals surface area contributed by atoms with Crippen LogP contribution < -0.4 is 10.6 Å². The average Bonchev–Trinajstić information content (AvgIpc) is 2.20. The van der Waals surface area contributed by atoms with Crippen LogP contribution in [0, 0.1) is 5.41 Å². The maximum absolute atomic E-state index is 4.33. The maximum Gasteiger partial charge on any atom is 0.146 e. The second-order valence-corrected chi connectivity index (χ2v) is 7.45. The van der Waals surface area contributed by atoms with Gasteiger partial charge in [0.15, 0.2) is 0 Å². The molecule has 0 saturated heterocycles. The van der Waals surface area contributed by atoms with Crippen LogP contribution in [0.3, 0.4) is 0 Å². The van der Waals surface area contributed by atoms with E-state index in [9.17, 15) is 0 Å². The number of nitrogens with zero attached hydrogens (tertiary/aromatic N) is 2. The number of halogens is 1. The van der Waals surface area contributed by atoms with Gasteiger partial charge in [0.25, 0.3) is 0 Å². The highest BCUT2D eigenvalue weighted by Gasteiger charge is 2.26. The highest BCUT2D eigenvalue weighted by molar-refractivity contribution is 9.10. The molecule has 0 aliphatic heterocycles. The van der Waals surface area contributed by atoms with E-state index in [0.717, 1.165) is 29.1 Å². The van der Waals surface area contributed by atoms with E-state index in [1.165, 1.54) is 0 Å². The minimum absolute atomic E-state index is 0.0292. The maximum atomic E-state index is 4.33. The van der Waals surface area contributed by atoms with Gasteiger partial charge in [-0.2, -0.15) is 0 Å². The van der Waals surface area contributed by atoms with Crippen molar-refractivity contribution in [3.63, 3.8) is 0 Å². The lowest BCUT2D eigenvalue weighted by Gasteiger charge is -2.34. The summed E-state index contributed by atoms with van der Waals surface area (Å²) in [6.07, 6.45) is 2.63. The molecule has 0 aliphatic rings.